The summed E-state index contributed by atoms with van der Waals surface area (Å²) >= 11 is 6.15. The highest BCUT2D eigenvalue weighted by atomic mass is 35.5. The summed E-state index contributed by atoms with van der Waals surface area (Å²) in [5.41, 5.74) is 0.243. The van der Waals surface area contributed by atoms with Crippen LogP contribution in [0.5, 0.6) is 0 Å². The molecule has 0 saturated carbocycles. The lowest BCUT2D eigenvalue weighted by atomic mass is 10.0. The number of piperidine rings is 1. The van der Waals surface area contributed by atoms with E-state index in [9.17, 15) is 13.2 Å². The van der Waals surface area contributed by atoms with Crippen molar-refractivity contribution in [3.05, 3.63) is 28.8 Å². The fourth-order valence-corrected chi connectivity index (χ4v) is 4.24. The Labute approximate surface area is 143 Å². The van der Waals surface area contributed by atoms with Crippen LogP contribution >= 0.6 is 11.6 Å². The van der Waals surface area contributed by atoms with E-state index in [0.717, 1.165) is 19.3 Å². The number of nitrogens with one attached hydrogen (secondary N) is 1. The molecule has 1 aromatic carbocycles. The quantitative estimate of drug-likeness (QED) is 0.899. The zero-order valence-corrected chi connectivity index (χ0v) is 15.2. The molecule has 1 amide bonds. The summed E-state index contributed by atoms with van der Waals surface area (Å²) in [6.45, 7) is 6.17. The summed E-state index contributed by atoms with van der Waals surface area (Å²) in [5.74, 6) is -0.205. The third-order valence-corrected chi connectivity index (χ3v) is 5.92. The Morgan fingerprint density at radius 3 is 2.65 bits per heavy atom. The minimum absolute atomic E-state index is 0.0589. The molecule has 7 heteroatoms. The fourth-order valence-electron chi connectivity index (χ4n) is 2.77. The lowest BCUT2D eigenvalue weighted by molar-refractivity contribution is 0.0635. The van der Waals surface area contributed by atoms with Crippen LogP contribution in [0.2, 0.25) is 5.02 Å². The smallest absolute Gasteiger partial charge is 0.255 e. The first-order chi connectivity index (χ1) is 10.7. The molecular formula is C16H23ClN2O3S. The number of hydrogen-bond acceptors (Lipinski definition) is 3. The van der Waals surface area contributed by atoms with Gasteiger partial charge in [-0.3, -0.25) is 4.79 Å². The SMILES string of the molecule is CC(C)NS(=O)(=O)c1ccc(Cl)c(C(=O)N2CCCCC2C)c1. The second kappa shape index (κ2) is 7.20. The van der Waals surface area contributed by atoms with Gasteiger partial charge in [-0.2, -0.15) is 0 Å². The van der Waals surface area contributed by atoms with Crippen molar-refractivity contribution in [3.63, 3.8) is 0 Å². The van der Waals surface area contributed by atoms with Crippen molar-refractivity contribution in [2.24, 2.45) is 0 Å². The van der Waals surface area contributed by atoms with Crippen molar-refractivity contribution < 1.29 is 13.2 Å². The van der Waals surface area contributed by atoms with E-state index in [1.165, 1.54) is 18.2 Å². The van der Waals surface area contributed by atoms with Gasteiger partial charge >= 0.3 is 0 Å². The van der Waals surface area contributed by atoms with Crippen LogP contribution in [-0.2, 0) is 10.0 Å². The number of rotatable bonds is 4. The minimum atomic E-state index is -3.66. The van der Waals surface area contributed by atoms with Crippen molar-refractivity contribution in [1.82, 2.24) is 9.62 Å². The number of carbonyl (C=O) groups is 1. The third-order valence-electron chi connectivity index (χ3n) is 3.93. The lowest BCUT2D eigenvalue weighted by Crippen LogP contribution is -2.42. The molecule has 1 saturated heterocycles. The third kappa shape index (κ3) is 4.25. The average molecular weight is 359 g/mol. The number of carbonyl (C=O) groups excluding carboxylic acids is 1. The molecule has 1 unspecified atom stereocenters. The van der Waals surface area contributed by atoms with Gasteiger partial charge in [0.05, 0.1) is 15.5 Å². The first kappa shape index (κ1) is 18.2. The highest BCUT2D eigenvalue weighted by Gasteiger charge is 2.27. The lowest BCUT2D eigenvalue weighted by Gasteiger charge is -2.33. The van der Waals surface area contributed by atoms with Crippen LogP contribution in [-0.4, -0.2) is 37.9 Å². The number of sulfonamides is 1. The first-order valence-corrected chi connectivity index (χ1v) is 9.71. The van der Waals surface area contributed by atoms with Crippen molar-refractivity contribution >= 4 is 27.5 Å². The predicted molar refractivity (Wildman–Crippen MR) is 91.3 cm³/mol. The van der Waals surface area contributed by atoms with Gasteiger partial charge in [-0.25, -0.2) is 13.1 Å². The topological polar surface area (TPSA) is 66.5 Å². The predicted octanol–water partition coefficient (Wildman–Crippen LogP) is 3.04. The molecule has 0 aromatic heterocycles. The standard InChI is InChI=1S/C16H23ClN2O3S/c1-11(2)18-23(21,22)13-7-8-15(17)14(10-13)16(20)19-9-5-4-6-12(19)3/h7-8,10-12,18H,4-6,9H2,1-3H3. The number of nitrogens with zero attached hydrogens (tertiary/aromatic N) is 1. The molecule has 1 aromatic rings. The minimum Gasteiger partial charge on any atom is -0.336 e. The Kier molecular flexibility index (Phi) is 5.70. The number of halogens is 1. The van der Waals surface area contributed by atoms with Crippen molar-refractivity contribution in [2.75, 3.05) is 6.54 Å². The first-order valence-electron chi connectivity index (χ1n) is 7.85. The molecule has 0 aliphatic carbocycles. The van der Waals surface area contributed by atoms with Crippen molar-refractivity contribution in [2.45, 2.75) is 57.0 Å². The second-order valence-corrected chi connectivity index (χ2v) is 8.38. The maximum Gasteiger partial charge on any atom is 0.255 e. The van der Waals surface area contributed by atoms with Crippen LogP contribution in [0.25, 0.3) is 0 Å². The van der Waals surface area contributed by atoms with Crippen LogP contribution in [0, 0.1) is 0 Å². The van der Waals surface area contributed by atoms with Gasteiger partial charge in [0, 0.05) is 18.6 Å². The Morgan fingerprint density at radius 1 is 1.35 bits per heavy atom. The Morgan fingerprint density at radius 2 is 2.04 bits per heavy atom. The number of likely N-dealkylation sites (tertiary alicyclic amines) is 1. The molecule has 0 spiro atoms. The number of hydrogen-bond donors (Lipinski definition) is 1. The van der Waals surface area contributed by atoms with E-state index >= 15 is 0 Å². The van der Waals surface area contributed by atoms with Crippen molar-refractivity contribution in [3.8, 4) is 0 Å². The normalized spacial score (nSPS) is 19.2. The Balaban J connectivity index is 2.36. The summed E-state index contributed by atoms with van der Waals surface area (Å²) < 4.78 is 27.1. The van der Waals surface area contributed by atoms with E-state index in [-0.39, 0.29) is 33.5 Å². The zero-order chi connectivity index (χ0) is 17.2. The van der Waals surface area contributed by atoms with E-state index < -0.39 is 10.0 Å². The van der Waals surface area contributed by atoms with Gasteiger partial charge in [-0.05, 0) is 58.2 Å². The Hall–Kier alpha value is -1.11. The van der Waals surface area contributed by atoms with E-state index in [0.29, 0.717) is 6.54 Å². The average Bonchev–Trinajstić information content (AvgIpc) is 2.46. The Bertz CT molecular complexity index is 689. The summed E-state index contributed by atoms with van der Waals surface area (Å²) in [6, 6.07) is 4.18. The summed E-state index contributed by atoms with van der Waals surface area (Å²) in [6.07, 6.45) is 3.02. The van der Waals surface area contributed by atoms with Gasteiger partial charge < -0.3 is 4.90 Å². The second-order valence-electron chi connectivity index (χ2n) is 6.26. The summed E-state index contributed by atoms with van der Waals surface area (Å²) in [7, 11) is -3.66. The van der Waals surface area contributed by atoms with Crippen LogP contribution < -0.4 is 4.72 Å². The van der Waals surface area contributed by atoms with Gasteiger partial charge in [0.25, 0.3) is 5.91 Å². The molecule has 1 aliphatic rings. The van der Waals surface area contributed by atoms with Gasteiger partial charge in [-0.1, -0.05) is 11.6 Å². The zero-order valence-electron chi connectivity index (χ0n) is 13.7. The van der Waals surface area contributed by atoms with Crippen LogP contribution in [0.4, 0.5) is 0 Å². The highest BCUT2D eigenvalue weighted by Crippen LogP contribution is 2.25. The van der Waals surface area contributed by atoms with Crippen LogP contribution in [0.1, 0.15) is 50.4 Å². The van der Waals surface area contributed by atoms with E-state index in [2.05, 4.69) is 4.72 Å². The molecule has 1 aliphatic heterocycles. The molecule has 1 fully saturated rings. The molecule has 1 atom stereocenters. The van der Waals surface area contributed by atoms with Gasteiger partial charge in [0.15, 0.2) is 0 Å². The molecule has 2 rings (SSSR count). The van der Waals surface area contributed by atoms with Crippen LogP contribution in [0.3, 0.4) is 0 Å². The highest BCUT2D eigenvalue weighted by molar-refractivity contribution is 7.89. The number of benzene rings is 1. The van der Waals surface area contributed by atoms with Crippen LogP contribution in [0.15, 0.2) is 23.1 Å². The van der Waals surface area contributed by atoms with E-state index in [1.807, 2.05) is 6.92 Å². The summed E-state index contributed by atoms with van der Waals surface area (Å²) in [5, 5.41) is 0.274. The van der Waals surface area contributed by atoms with Gasteiger partial charge in [-0.15, -0.1) is 0 Å². The molecule has 0 radical (unpaired) electrons. The number of amides is 1. The maximum absolute atomic E-state index is 12.8. The fraction of sp³-hybridized carbons (Fsp3) is 0.562. The largest absolute Gasteiger partial charge is 0.336 e. The molecular weight excluding hydrogens is 336 g/mol. The van der Waals surface area contributed by atoms with Gasteiger partial charge in [0.1, 0.15) is 0 Å². The van der Waals surface area contributed by atoms with E-state index in [4.69, 9.17) is 11.6 Å². The molecule has 1 N–H and O–H groups in total. The monoisotopic (exact) mass is 358 g/mol. The van der Waals surface area contributed by atoms with E-state index in [1.54, 1.807) is 18.7 Å². The van der Waals surface area contributed by atoms with Crippen molar-refractivity contribution in [1.29, 1.82) is 0 Å². The molecule has 0 bridgehead atoms. The molecule has 5 nitrogen and oxygen atoms in total. The molecule has 1 heterocycles. The molecule has 23 heavy (non-hydrogen) atoms. The molecule has 128 valence electrons. The summed E-state index contributed by atoms with van der Waals surface area (Å²) in [4.78, 5) is 14.6. The maximum atomic E-state index is 12.8. The van der Waals surface area contributed by atoms with Gasteiger partial charge in [0.2, 0.25) is 10.0 Å².